The zero-order chi connectivity index (χ0) is 52.9. The van der Waals surface area contributed by atoms with Crippen molar-refractivity contribution in [2.75, 3.05) is 132 Å². The van der Waals surface area contributed by atoms with Gasteiger partial charge in [-0.05, 0) is 70.3 Å². The highest BCUT2D eigenvalue weighted by molar-refractivity contribution is 7.51. The summed E-state index contributed by atoms with van der Waals surface area (Å²) in [7, 11) is -4.25. The molecule has 3 heterocycles. The number of halogens is 1. The van der Waals surface area contributed by atoms with E-state index in [0.717, 1.165) is 50.9 Å². The van der Waals surface area contributed by atoms with Crippen LogP contribution in [0.1, 0.15) is 70.9 Å². The third-order valence-corrected chi connectivity index (χ3v) is 13.2. The fourth-order valence-corrected chi connectivity index (χ4v) is 9.21. The maximum Gasteiger partial charge on any atom is 0.350 e. The van der Waals surface area contributed by atoms with Crippen molar-refractivity contribution < 1.29 is 71.3 Å². The highest BCUT2D eigenvalue weighted by Gasteiger charge is 2.47. The van der Waals surface area contributed by atoms with Crippen LogP contribution in [-0.4, -0.2) is 203 Å². The van der Waals surface area contributed by atoms with E-state index in [0.29, 0.717) is 155 Å². The standard InChI is InChI=1S/C49H82ClN8O15P/c1-38(59)11-15-63-17-19-65-21-22-66-20-18-64-16-14-58-32-42(55-56-58)33-70-28-27-68-24-23-67-25-26-69-29-30-72-43-5-3-40(4-6-43)41-9-12-49(13-10-41)35-57(36-49)48(53-39(2)50)45(31-51)47(52)54-46-8-7-44(73-46)34-71-37-74(60,61)62/h3-5,31-32,39,41,43-44,46H,6-30,33-37,51H2,1-2H3,(H2,52,54)(H2,60,61,62)/b45-31+,53-48+/t39?,43?,44?,46-/m1/s1. The van der Waals surface area contributed by atoms with Crippen molar-refractivity contribution in [1.82, 2.24) is 19.9 Å². The summed E-state index contributed by atoms with van der Waals surface area (Å²) in [6.45, 7) is 13.4. The molecule has 1 saturated carbocycles. The minimum atomic E-state index is -4.25. The second kappa shape index (κ2) is 34.5. The molecular weight excluding hydrogens is 1010 g/mol. The van der Waals surface area contributed by atoms with Crippen molar-refractivity contribution in [1.29, 1.82) is 0 Å². The molecule has 4 atom stereocenters. The van der Waals surface area contributed by atoms with Gasteiger partial charge in [-0.1, -0.05) is 35.0 Å². The maximum atomic E-state index is 11.1. The van der Waals surface area contributed by atoms with Crippen LogP contribution in [0.4, 0.5) is 0 Å². The Morgan fingerprint density at radius 2 is 1.47 bits per heavy atom. The number of ether oxygens (including phenoxy) is 11. The number of aliphatic imine (C=N–C) groups is 2. The molecule has 1 aromatic rings. The Hall–Kier alpha value is -3.23. The molecule has 0 amide bonds. The number of carbonyl (C=O) groups is 1. The topological polar surface area (TPSA) is 287 Å². The van der Waals surface area contributed by atoms with Gasteiger partial charge in [0.1, 0.15) is 35.0 Å². The summed E-state index contributed by atoms with van der Waals surface area (Å²) in [5, 5.41) is 8.25. The molecule has 1 aromatic heterocycles. The molecule has 3 fully saturated rings. The largest absolute Gasteiger partial charge is 0.404 e. The van der Waals surface area contributed by atoms with E-state index in [1.165, 1.54) is 11.8 Å². The third-order valence-electron chi connectivity index (χ3n) is 12.6. The number of alkyl halides is 1. The normalized spacial score (nSPS) is 21.1. The lowest BCUT2D eigenvalue weighted by atomic mass is 9.64. The molecule has 6 N–H and O–H groups in total. The molecule has 420 valence electrons. The van der Waals surface area contributed by atoms with E-state index in [1.807, 2.05) is 6.20 Å². The molecule has 2 aliphatic carbocycles. The van der Waals surface area contributed by atoms with Gasteiger partial charge in [0.2, 0.25) is 0 Å². The van der Waals surface area contributed by atoms with E-state index in [-0.39, 0.29) is 35.8 Å². The van der Waals surface area contributed by atoms with E-state index in [9.17, 15) is 9.36 Å². The Labute approximate surface area is 440 Å². The van der Waals surface area contributed by atoms with Crippen molar-refractivity contribution in [3.63, 3.8) is 0 Å². The zero-order valence-electron chi connectivity index (χ0n) is 43.4. The Bertz CT molecular complexity index is 1970. The highest BCUT2D eigenvalue weighted by Crippen LogP contribution is 2.48. The minimum Gasteiger partial charge on any atom is -0.404 e. The first-order chi connectivity index (χ1) is 35.8. The van der Waals surface area contributed by atoms with Crippen molar-refractivity contribution in [2.45, 2.75) is 102 Å². The van der Waals surface area contributed by atoms with Gasteiger partial charge in [0, 0.05) is 31.1 Å². The summed E-state index contributed by atoms with van der Waals surface area (Å²) >= 11 is 6.38. The smallest absolute Gasteiger partial charge is 0.350 e. The molecule has 3 unspecified atom stereocenters. The Kier molecular flexibility index (Phi) is 28.7. The van der Waals surface area contributed by atoms with Crippen LogP contribution >= 0.6 is 19.2 Å². The minimum absolute atomic E-state index is 0.0343. The SMILES string of the molecule is CC(=O)CCOCCOCCOCCOCCn1cc(COCCOCCOCCOCCOC2C=CC(C3CCC4(CC3)CN(C(=N/C(C)Cl)/C(=C/N)C(N)=N[C@H]3CCC(COCP(=O)(O)O)O3)C4)=CC2)nn1. The van der Waals surface area contributed by atoms with E-state index >= 15 is 0 Å². The molecule has 0 aromatic carbocycles. The van der Waals surface area contributed by atoms with Gasteiger partial charge in [-0.15, -0.1) is 5.10 Å². The van der Waals surface area contributed by atoms with Crippen LogP contribution in [0.3, 0.4) is 0 Å². The molecule has 2 aliphatic heterocycles. The predicted molar refractivity (Wildman–Crippen MR) is 276 cm³/mol. The van der Waals surface area contributed by atoms with Gasteiger partial charge in [-0.2, -0.15) is 0 Å². The van der Waals surface area contributed by atoms with Crippen LogP contribution in [0.15, 0.2) is 51.8 Å². The van der Waals surface area contributed by atoms with Gasteiger partial charge in [0.15, 0.2) is 6.23 Å². The van der Waals surface area contributed by atoms with Crippen LogP contribution in [0.5, 0.6) is 0 Å². The zero-order valence-corrected chi connectivity index (χ0v) is 45.0. The molecule has 2 saturated heterocycles. The number of rotatable bonds is 39. The lowest BCUT2D eigenvalue weighted by molar-refractivity contribution is -0.118. The number of nitrogens with zero attached hydrogens (tertiary/aromatic N) is 6. The van der Waals surface area contributed by atoms with Crippen molar-refractivity contribution in [3.8, 4) is 0 Å². The Balaban J connectivity index is 0.811. The predicted octanol–water partition coefficient (Wildman–Crippen LogP) is 3.49. The lowest BCUT2D eigenvalue weighted by Crippen LogP contribution is -2.60. The summed E-state index contributed by atoms with van der Waals surface area (Å²) in [6, 6.07) is 0. The molecule has 1 spiro atoms. The van der Waals surface area contributed by atoms with Crippen LogP contribution in [0, 0.1) is 11.3 Å². The van der Waals surface area contributed by atoms with Gasteiger partial charge in [0.25, 0.3) is 0 Å². The van der Waals surface area contributed by atoms with Crippen LogP contribution in [0.25, 0.3) is 0 Å². The highest BCUT2D eigenvalue weighted by atomic mass is 35.5. The van der Waals surface area contributed by atoms with Crippen molar-refractivity contribution in [3.05, 3.63) is 47.5 Å². The maximum absolute atomic E-state index is 11.1. The number of Topliss-reactive ketones (excluding diaryl/α,β-unsaturated/α-hetero) is 1. The van der Waals surface area contributed by atoms with Crippen LogP contribution < -0.4 is 11.5 Å². The number of carbonyl (C=O) groups excluding carboxylic acids is 1. The number of nitrogens with two attached hydrogens (primary N) is 2. The molecule has 5 rings (SSSR count). The van der Waals surface area contributed by atoms with Crippen molar-refractivity contribution >= 4 is 36.7 Å². The molecule has 0 radical (unpaired) electrons. The fourth-order valence-electron chi connectivity index (χ4n) is 8.78. The van der Waals surface area contributed by atoms with E-state index in [1.54, 1.807) is 18.5 Å². The summed E-state index contributed by atoms with van der Waals surface area (Å²) in [5.74, 6) is 1.44. The van der Waals surface area contributed by atoms with Gasteiger partial charge in [-0.25, -0.2) is 14.7 Å². The van der Waals surface area contributed by atoms with Gasteiger partial charge >= 0.3 is 7.60 Å². The second-order valence-corrected chi connectivity index (χ2v) is 20.9. The van der Waals surface area contributed by atoms with Gasteiger partial charge in [0.05, 0.1) is 149 Å². The first-order valence-electron chi connectivity index (χ1n) is 25.8. The second-order valence-electron chi connectivity index (χ2n) is 18.7. The van der Waals surface area contributed by atoms with Crippen LogP contribution in [-0.2, 0) is 74.6 Å². The average Bonchev–Trinajstić information content (AvgIpc) is 4.01. The quantitative estimate of drug-likeness (QED) is 0.0183. The first kappa shape index (κ1) is 61.6. The number of aromatic nitrogens is 3. The number of ketones is 1. The molecule has 4 aliphatic rings. The summed E-state index contributed by atoms with van der Waals surface area (Å²) in [5.41, 5.74) is 14.9. The summed E-state index contributed by atoms with van der Waals surface area (Å²) in [4.78, 5) is 40.4. The van der Waals surface area contributed by atoms with E-state index < -0.39 is 25.7 Å². The van der Waals surface area contributed by atoms with Crippen molar-refractivity contribution in [2.24, 2.45) is 32.8 Å². The van der Waals surface area contributed by atoms with Gasteiger partial charge < -0.3 is 78.3 Å². The molecule has 23 nitrogen and oxygen atoms in total. The third kappa shape index (κ3) is 24.4. The van der Waals surface area contributed by atoms with E-state index in [4.69, 9.17) is 90.0 Å². The number of likely N-dealkylation sites (tertiary alicyclic amines) is 1. The van der Waals surface area contributed by atoms with E-state index in [2.05, 4.69) is 38.4 Å². The average molecular weight is 1090 g/mol. The van der Waals surface area contributed by atoms with Crippen LogP contribution in [0.2, 0.25) is 0 Å². The number of amidine groups is 2. The fraction of sp³-hybridized carbons (Fsp3) is 0.776. The number of hydrogen-bond acceptors (Lipinski definition) is 18. The lowest BCUT2D eigenvalue weighted by Gasteiger charge is -2.55. The number of hydrogen-bond donors (Lipinski definition) is 4. The first-order valence-corrected chi connectivity index (χ1v) is 28.1. The molecular formula is C49H82ClN8O15P. The monoisotopic (exact) mass is 1090 g/mol. The summed E-state index contributed by atoms with van der Waals surface area (Å²) in [6.07, 6.45) is 15.4. The molecule has 74 heavy (non-hydrogen) atoms. The Morgan fingerprint density at radius 3 is 2.04 bits per heavy atom. The van der Waals surface area contributed by atoms with Gasteiger partial charge in [-0.3, -0.25) is 9.36 Å². The summed E-state index contributed by atoms with van der Waals surface area (Å²) < 4.78 is 74.4. The molecule has 0 bridgehead atoms. The Morgan fingerprint density at radius 1 is 0.878 bits per heavy atom. The number of allylic oxidation sites excluding steroid dienone is 2. The molecule has 25 heteroatoms.